The van der Waals surface area contributed by atoms with Gasteiger partial charge in [-0.25, -0.2) is 9.67 Å². The lowest BCUT2D eigenvalue weighted by Crippen LogP contribution is -2.15. The maximum atomic E-state index is 4.57. The zero-order valence-corrected chi connectivity index (χ0v) is 11.9. The number of hydrogen-bond acceptors (Lipinski definition) is 3. The van der Waals surface area contributed by atoms with Gasteiger partial charge in [-0.3, -0.25) is 0 Å². The molecule has 0 radical (unpaired) electrons. The lowest BCUT2D eigenvalue weighted by atomic mass is 10.2. The zero-order valence-electron chi connectivity index (χ0n) is 11.9. The summed E-state index contributed by atoms with van der Waals surface area (Å²) in [6.07, 6.45) is 9.09. The third-order valence-electron chi connectivity index (χ3n) is 4.13. The second kappa shape index (κ2) is 5.20. The van der Waals surface area contributed by atoms with Gasteiger partial charge in [-0.2, -0.15) is 5.10 Å². The van der Waals surface area contributed by atoms with Gasteiger partial charge in [-0.05, 0) is 31.0 Å². The lowest BCUT2D eigenvalue weighted by Gasteiger charge is -2.12. The molecule has 106 valence electrons. The van der Waals surface area contributed by atoms with Crippen molar-refractivity contribution in [3.05, 3.63) is 48.8 Å². The van der Waals surface area contributed by atoms with E-state index in [1.54, 1.807) is 0 Å². The molecule has 2 aromatic heterocycles. The second-order valence-electron chi connectivity index (χ2n) is 5.66. The Hall–Kier alpha value is -2.36. The Morgan fingerprint density at radius 2 is 1.90 bits per heavy atom. The lowest BCUT2D eigenvalue weighted by molar-refractivity contribution is 0.750. The summed E-state index contributed by atoms with van der Waals surface area (Å²) in [5, 5.41) is 9.22. The first kappa shape index (κ1) is 12.4. The van der Waals surface area contributed by atoms with Crippen LogP contribution in [0.3, 0.4) is 0 Å². The molecular formula is C17H18N4. The molecule has 4 heteroatoms. The Morgan fingerprint density at radius 1 is 1.05 bits per heavy atom. The van der Waals surface area contributed by atoms with E-state index in [0.717, 1.165) is 22.4 Å². The first-order chi connectivity index (χ1) is 10.4. The van der Waals surface area contributed by atoms with Crippen LogP contribution in [-0.2, 0) is 0 Å². The van der Waals surface area contributed by atoms with Crippen LogP contribution in [0.2, 0.25) is 0 Å². The molecule has 1 aliphatic carbocycles. The van der Waals surface area contributed by atoms with Crippen LogP contribution in [0, 0.1) is 0 Å². The van der Waals surface area contributed by atoms with E-state index >= 15 is 0 Å². The normalized spacial score (nSPS) is 15.6. The van der Waals surface area contributed by atoms with Gasteiger partial charge in [0.1, 0.15) is 5.82 Å². The molecule has 1 aromatic carbocycles. The van der Waals surface area contributed by atoms with E-state index in [0.29, 0.717) is 6.04 Å². The van der Waals surface area contributed by atoms with Crippen LogP contribution in [-0.4, -0.2) is 20.8 Å². The number of nitrogens with one attached hydrogen (secondary N) is 1. The van der Waals surface area contributed by atoms with Crippen molar-refractivity contribution >= 4 is 16.7 Å². The molecule has 0 amide bonds. The highest BCUT2D eigenvalue weighted by Crippen LogP contribution is 2.22. The van der Waals surface area contributed by atoms with Crippen molar-refractivity contribution in [3.63, 3.8) is 0 Å². The Balaban J connectivity index is 1.57. The summed E-state index contributed by atoms with van der Waals surface area (Å²) >= 11 is 0. The average molecular weight is 278 g/mol. The van der Waals surface area contributed by atoms with Gasteiger partial charge in [0.05, 0.1) is 17.4 Å². The first-order valence-corrected chi connectivity index (χ1v) is 7.56. The number of aromatic nitrogens is 3. The van der Waals surface area contributed by atoms with Crippen LogP contribution in [0.1, 0.15) is 25.7 Å². The fraction of sp³-hybridized carbons (Fsp3) is 0.294. The van der Waals surface area contributed by atoms with E-state index in [2.05, 4.69) is 27.5 Å². The predicted octanol–water partition coefficient (Wildman–Crippen LogP) is 3.78. The quantitative estimate of drug-likeness (QED) is 0.793. The summed E-state index contributed by atoms with van der Waals surface area (Å²) in [7, 11) is 0. The summed E-state index contributed by atoms with van der Waals surface area (Å²) in [5.74, 6) is 0.961. The summed E-state index contributed by atoms with van der Waals surface area (Å²) in [5.41, 5.74) is 1.99. The van der Waals surface area contributed by atoms with Gasteiger partial charge in [-0.15, -0.1) is 0 Å². The molecule has 0 bridgehead atoms. The number of nitrogens with zero attached hydrogens (tertiary/aromatic N) is 3. The highest BCUT2D eigenvalue weighted by atomic mass is 15.3. The minimum absolute atomic E-state index is 0.593. The van der Waals surface area contributed by atoms with Gasteiger partial charge >= 0.3 is 0 Å². The molecule has 4 rings (SSSR count). The number of benzene rings is 1. The van der Waals surface area contributed by atoms with Crippen LogP contribution >= 0.6 is 0 Å². The molecule has 1 saturated carbocycles. The molecule has 1 N–H and O–H groups in total. The maximum Gasteiger partial charge on any atom is 0.126 e. The van der Waals surface area contributed by atoms with Crippen LogP contribution in [0.15, 0.2) is 48.8 Å². The molecule has 4 nitrogen and oxygen atoms in total. The topological polar surface area (TPSA) is 42.7 Å². The molecule has 1 fully saturated rings. The van der Waals surface area contributed by atoms with Crippen molar-refractivity contribution in [1.82, 2.24) is 14.8 Å². The smallest absolute Gasteiger partial charge is 0.126 e. The summed E-state index contributed by atoms with van der Waals surface area (Å²) in [6, 6.07) is 12.8. The fourth-order valence-electron chi connectivity index (χ4n) is 2.98. The monoisotopic (exact) mass is 278 g/mol. The van der Waals surface area contributed by atoms with E-state index in [4.69, 9.17) is 0 Å². The van der Waals surface area contributed by atoms with Crippen molar-refractivity contribution < 1.29 is 0 Å². The molecule has 2 heterocycles. The molecular weight excluding hydrogens is 260 g/mol. The minimum atomic E-state index is 0.593. The van der Waals surface area contributed by atoms with Crippen molar-refractivity contribution in [2.24, 2.45) is 0 Å². The van der Waals surface area contributed by atoms with Gasteiger partial charge in [0.25, 0.3) is 0 Å². The van der Waals surface area contributed by atoms with Gasteiger partial charge in [0.15, 0.2) is 0 Å². The van der Waals surface area contributed by atoms with Gasteiger partial charge in [0, 0.05) is 17.6 Å². The molecule has 0 aliphatic heterocycles. The fourth-order valence-corrected chi connectivity index (χ4v) is 2.98. The SMILES string of the molecule is c1ccc2nn(-c3ccc(NC4CCCC4)nc3)cc2c1. The average Bonchev–Trinajstić information content (AvgIpc) is 3.16. The third kappa shape index (κ3) is 2.49. The number of rotatable bonds is 3. The Kier molecular flexibility index (Phi) is 3.07. The zero-order chi connectivity index (χ0) is 14.1. The summed E-state index contributed by atoms with van der Waals surface area (Å²) in [6.45, 7) is 0. The minimum Gasteiger partial charge on any atom is -0.367 e. The van der Waals surface area contributed by atoms with E-state index in [-0.39, 0.29) is 0 Å². The van der Waals surface area contributed by atoms with E-state index in [1.165, 1.54) is 25.7 Å². The summed E-state index contributed by atoms with van der Waals surface area (Å²) < 4.78 is 1.89. The first-order valence-electron chi connectivity index (χ1n) is 7.56. The molecule has 21 heavy (non-hydrogen) atoms. The van der Waals surface area contributed by atoms with E-state index in [1.807, 2.05) is 41.3 Å². The molecule has 0 atom stereocenters. The van der Waals surface area contributed by atoms with Crippen LogP contribution < -0.4 is 5.32 Å². The number of hydrogen-bond donors (Lipinski definition) is 1. The highest BCUT2D eigenvalue weighted by Gasteiger charge is 2.14. The van der Waals surface area contributed by atoms with E-state index in [9.17, 15) is 0 Å². The third-order valence-corrected chi connectivity index (χ3v) is 4.13. The van der Waals surface area contributed by atoms with Crippen molar-refractivity contribution in [3.8, 4) is 5.69 Å². The number of fused-ring (bicyclic) bond motifs is 1. The van der Waals surface area contributed by atoms with Gasteiger partial charge in [-0.1, -0.05) is 31.0 Å². The molecule has 3 aromatic rings. The van der Waals surface area contributed by atoms with Gasteiger partial charge < -0.3 is 5.32 Å². The van der Waals surface area contributed by atoms with Crippen molar-refractivity contribution in [2.45, 2.75) is 31.7 Å². The Bertz CT molecular complexity index is 706. The standard InChI is InChI=1S/C17H18N4/c1-4-8-16-13(5-1)12-21(20-16)15-9-10-17(18-11-15)19-14-6-2-3-7-14/h1,4-5,8-12,14H,2-3,6-7H2,(H,18,19). The highest BCUT2D eigenvalue weighted by molar-refractivity contribution is 5.78. The van der Waals surface area contributed by atoms with Crippen molar-refractivity contribution in [2.75, 3.05) is 5.32 Å². The molecule has 1 aliphatic rings. The Labute approximate surface area is 123 Å². The van der Waals surface area contributed by atoms with Crippen LogP contribution in [0.25, 0.3) is 16.6 Å². The van der Waals surface area contributed by atoms with Crippen LogP contribution in [0.4, 0.5) is 5.82 Å². The maximum absolute atomic E-state index is 4.57. The predicted molar refractivity (Wildman–Crippen MR) is 84.7 cm³/mol. The van der Waals surface area contributed by atoms with Crippen molar-refractivity contribution in [1.29, 1.82) is 0 Å². The van der Waals surface area contributed by atoms with E-state index < -0.39 is 0 Å². The largest absolute Gasteiger partial charge is 0.367 e. The number of pyridine rings is 1. The molecule has 0 spiro atoms. The molecule has 0 unspecified atom stereocenters. The number of anilines is 1. The Morgan fingerprint density at radius 3 is 2.67 bits per heavy atom. The molecule has 0 saturated heterocycles. The second-order valence-corrected chi connectivity index (χ2v) is 5.66. The van der Waals surface area contributed by atoms with Gasteiger partial charge in [0.2, 0.25) is 0 Å². The van der Waals surface area contributed by atoms with Crippen LogP contribution in [0.5, 0.6) is 0 Å². The summed E-state index contributed by atoms with van der Waals surface area (Å²) in [4.78, 5) is 4.52.